The number of unbranched alkanes of at least 4 members (excludes halogenated alkanes) is 10. The van der Waals surface area contributed by atoms with Crippen molar-refractivity contribution >= 4 is 0 Å². The third-order valence-electron chi connectivity index (χ3n) is 4.51. The summed E-state index contributed by atoms with van der Waals surface area (Å²) in [7, 11) is 0. The maximum Gasteiger partial charge on any atom is 0.171 e. The molecule has 0 spiro atoms. The molecule has 0 unspecified atom stereocenters. The number of nitrogens with zero attached hydrogens (tertiary/aromatic N) is 1. The smallest absolute Gasteiger partial charge is 0.171 e. The second kappa shape index (κ2) is 16.3. The van der Waals surface area contributed by atoms with E-state index >= 15 is 0 Å². The van der Waals surface area contributed by atoms with E-state index in [0.717, 1.165) is 0 Å². The fourth-order valence-corrected chi connectivity index (χ4v) is 3.03. The van der Waals surface area contributed by atoms with Gasteiger partial charge in [0, 0.05) is 18.1 Å². The molecule has 1 heterocycles. The fraction of sp³-hybridized carbons (Fsp3) is 0.762. The Morgan fingerprint density at radius 2 is 1.30 bits per heavy atom. The van der Waals surface area contributed by atoms with Gasteiger partial charge in [0.15, 0.2) is 12.4 Å². The van der Waals surface area contributed by atoms with Crippen molar-refractivity contribution in [2.75, 3.05) is 0 Å². The minimum Gasteiger partial charge on any atom is -1.00 e. The summed E-state index contributed by atoms with van der Waals surface area (Å²) in [4.78, 5) is 0. The van der Waals surface area contributed by atoms with E-state index in [4.69, 9.17) is 0 Å². The van der Waals surface area contributed by atoms with Gasteiger partial charge in [-0.1, -0.05) is 71.6 Å². The van der Waals surface area contributed by atoms with Crippen molar-refractivity contribution in [2.24, 2.45) is 0 Å². The minimum atomic E-state index is 0. The lowest BCUT2D eigenvalue weighted by molar-refractivity contribution is -0.697. The summed E-state index contributed by atoms with van der Waals surface area (Å²) in [5.41, 5.74) is 1.50. The number of aromatic nitrogens is 1. The van der Waals surface area contributed by atoms with Crippen molar-refractivity contribution < 1.29 is 17.0 Å². The first kappa shape index (κ1) is 22.4. The number of pyridine rings is 1. The van der Waals surface area contributed by atoms with Crippen LogP contribution in [0.4, 0.5) is 0 Å². The molecule has 0 aliphatic rings. The lowest BCUT2D eigenvalue weighted by Gasteiger charge is -2.02. The highest BCUT2D eigenvalue weighted by molar-refractivity contribution is 5.05. The molecule has 0 saturated heterocycles. The molecule has 0 atom stereocenters. The van der Waals surface area contributed by atoms with Crippen molar-refractivity contribution in [3.05, 3.63) is 30.1 Å². The standard InChI is InChI=1S/C21H38N.ClH/c1-3-5-7-8-9-10-11-12-13-14-18-22-19-15-17-21(20-22)16-6-4-2;/h15,17,19-20H,3-14,16,18H2,1-2H3;1H/q+1;/p-1. The molecule has 0 fully saturated rings. The van der Waals surface area contributed by atoms with E-state index in [0.29, 0.717) is 0 Å². The van der Waals surface area contributed by atoms with Crippen molar-refractivity contribution in [1.29, 1.82) is 0 Å². The van der Waals surface area contributed by atoms with Gasteiger partial charge in [-0.25, -0.2) is 4.57 Å². The molecule has 134 valence electrons. The van der Waals surface area contributed by atoms with Crippen LogP contribution in [0.5, 0.6) is 0 Å². The Morgan fingerprint density at radius 3 is 1.91 bits per heavy atom. The Bertz CT molecular complexity index is 365. The number of hydrogen-bond donors (Lipinski definition) is 0. The van der Waals surface area contributed by atoms with Crippen LogP contribution in [0.15, 0.2) is 24.5 Å². The number of aryl methyl sites for hydroxylation is 2. The molecule has 0 aliphatic carbocycles. The maximum absolute atomic E-state index is 2.38. The number of rotatable bonds is 14. The lowest BCUT2D eigenvalue weighted by Crippen LogP contribution is -3.00. The van der Waals surface area contributed by atoms with Gasteiger partial charge in [0.1, 0.15) is 6.54 Å². The summed E-state index contributed by atoms with van der Waals surface area (Å²) >= 11 is 0. The average Bonchev–Trinajstić information content (AvgIpc) is 2.55. The normalized spacial score (nSPS) is 10.5. The molecule has 1 rings (SSSR count). The Kier molecular flexibility index (Phi) is 15.9. The topological polar surface area (TPSA) is 3.88 Å². The van der Waals surface area contributed by atoms with E-state index in [9.17, 15) is 0 Å². The maximum atomic E-state index is 2.38. The number of hydrogen-bond acceptors (Lipinski definition) is 0. The predicted octanol–water partition coefficient (Wildman–Crippen LogP) is 3.24. The van der Waals surface area contributed by atoms with Crippen molar-refractivity contribution in [3.63, 3.8) is 0 Å². The van der Waals surface area contributed by atoms with Gasteiger partial charge in [0.25, 0.3) is 0 Å². The van der Waals surface area contributed by atoms with Crippen LogP contribution in [-0.4, -0.2) is 0 Å². The molecule has 2 heteroatoms. The number of halogens is 1. The van der Waals surface area contributed by atoms with Crippen molar-refractivity contribution in [2.45, 2.75) is 104 Å². The second-order valence-electron chi connectivity index (χ2n) is 6.74. The van der Waals surface area contributed by atoms with E-state index in [1.165, 1.54) is 95.6 Å². The van der Waals surface area contributed by atoms with E-state index in [-0.39, 0.29) is 12.4 Å². The van der Waals surface area contributed by atoms with Crippen molar-refractivity contribution in [1.82, 2.24) is 0 Å². The van der Waals surface area contributed by atoms with Crippen LogP contribution >= 0.6 is 0 Å². The van der Waals surface area contributed by atoms with Gasteiger partial charge in [-0.15, -0.1) is 0 Å². The summed E-state index contributed by atoms with van der Waals surface area (Å²) in [6.07, 6.45) is 22.6. The highest BCUT2D eigenvalue weighted by Gasteiger charge is 2.02. The lowest BCUT2D eigenvalue weighted by atomic mass is 10.1. The third-order valence-corrected chi connectivity index (χ3v) is 4.51. The first-order valence-electron chi connectivity index (χ1n) is 9.84. The fourth-order valence-electron chi connectivity index (χ4n) is 3.03. The third kappa shape index (κ3) is 12.5. The van der Waals surface area contributed by atoms with Gasteiger partial charge in [0.2, 0.25) is 0 Å². The second-order valence-corrected chi connectivity index (χ2v) is 6.74. The Hall–Kier alpha value is -0.560. The first-order valence-corrected chi connectivity index (χ1v) is 9.84. The summed E-state index contributed by atoms with van der Waals surface area (Å²) in [5.74, 6) is 0. The molecule has 0 saturated carbocycles. The van der Waals surface area contributed by atoms with Crippen LogP contribution in [0.1, 0.15) is 96.5 Å². The van der Waals surface area contributed by atoms with Crippen LogP contribution in [0.3, 0.4) is 0 Å². The summed E-state index contributed by atoms with van der Waals surface area (Å²) < 4.78 is 2.38. The monoisotopic (exact) mass is 339 g/mol. The zero-order valence-corrected chi connectivity index (χ0v) is 16.3. The molecule has 1 aromatic rings. The van der Waals surface area contributed by atoms with Crippen LogP contribution in [0, 0.1) is 0 Å². The summed E-state index contributed by atoms with van der Waals surface area (Å²) in [6, 6.07) is 4.48. The zero-order chi connectivity index (χ0) is 15.9. The van der Waals surface area contributed by atoms with Gasteiger partial charge in [0.05, 0.1) is 0 Å². The Labute approximate surface area is 151 Å². The van der Waals surface area contributed by atoms with Gasteiger partial charge in [-0.3, -0.25) is 0 Å². The molecule has 0 N–H and O–H groups in total. The van der Waals surface area contributed by atoms with E-state index in [2.05, 4.69) is 42.9 Å². The Balaban J connectivity index is 0.00000484. The molecule has 0 bridgehead atoms. The molecular formula is C21H38ClN. The Morgan fingerprint density at radius 1 is 0.739 bits per heavy atom. The average molecular weight is 340 g/mol. The highest BCUT2D eigenvalue weighted by atomic mass is 35.5. The predicted molar refractivity (Wildman–Crippen MR) is 97.1 cm³/mol. The SMILES string of the molecule is CCCCCCCCCCCC[n+]1cccc(CCCC)c1.[Cl-]. The minimum absolute atomic E-state index is 0. The molecule has 0 amide bonds. The molecule has 1 aromatic heterocycles. The van der Waals surface area contributed by atoms with Crippen molar-refractivity contribution in [3.8, 4) is 0 Å². The molecule has 23 heavy (non-hydrogen) atoms. The van der Waals surface area contributed by atoms with Crippen LogP contribution in [-0.2, 0) is 13.0 Å². The van der Waals surface area contributed by atoms with E-state index < -0.39 is 0 Å². The molecule has 0 radical (unpaired) electrons. The van der Waals surface area contributed by atoms with E-state index in [1.54, 1.807) is 0 Å². The molecular weight excluding hydrogens is 302 g/mol. The van der Waals surface area contributed by atoms with Gasteiger partial charge in [-0.05, 0) is 25.3 Å². The van der Waals surface area contributed by atoms with E-state index in [1.807, 2.05) is 0 Å². The quantitative estimate of drug-likeness (QED) is 0.362. The molecule has 1 nitrogen and oxygen atoms in total. The highest BCUT2D eigenvalue weighted by Crippen LogP contribution is 2.10. The zero-order valence-electron chi connectivity index (χ0n) is 15.5. The van der Waals surface area contributed by atoms with Crippen LogP contribution in [0.25, 0.3) is 0 Å². The van der Waals surface area contributed by atoms with Crippen LogP contribution < -0.4 is 17.0 Å². The van der Waals surface area contributed by atoms with Gasteiger partial charge >= 0.3 is 0 Å². The van der Waals surface area contributed by atoms with Gasteiger partial charge in [-0.2, -0.15) is 0 Å². The molecule has 0 aliphatic heterocycles. The largest absolute Gasteiger partial charge is 1.00 e. The summed E-state index contributed by atoms with van der Waals surface area (Å²) in [6.45, 7) is 5.74. The van der Waals surface area contributed by atoms with Gasteiger partial charge < -0.3 is 12.4 Å². The van der Waals surface area contributed by atoms with Crippen LogP contribution in [0.2, 0.25) is 0 Å². The summed E-state index contributed by atoms with van der Waals surface area (Å²) in [5, 5.41) is 0. The first-order chi connectivity index (χ1) is 10.9. The molecule has 0 aromatic carbocycles.